The third kappa shape index (κ3) is 3.78. The first-order chi connectivity index (χ1) is 14.0. The summed E-state index contributed by atoms with van der Waals surface area (Å²) >= 11 is 0. The number of fused-ring (bicyclic) bond motifs is 1. The quantitative estimate of drug-likeness (QED) is 0.669. The molecule has 0 bridgehead atoms. The zero-order chi connectivity index (χ0) is 20.5. The molecule has 0 unspecified atom stereocenters. The molecule has 0 aromatic carbocycles. The fourth-order valence-electron chi connectivity index (χ4n) is 3.21. The lowest BCUT2D eigenvalue weighted by atomic mass is 10.2. The van der Waals surface area contributed by atoms with Crippen molar-refractivity contribution in [1.82, 2.24) is 24.5 Å². The summed E-state index contributed by atoms with van der Waals surface area (Å²) in [5, 5.41) is 17.9. The van der Waals surface area contributed by atoms with E-state index in [9.17, 15) is 14.7 Å². The number of hydrogen-bond acceptors (Lipinski definition) is 5. The molecule has 150 valence electrons. The first kappa shape index (κ1) is 18.9. The number of rotatable bonds is 6. The van der Waals surface area contributed by atoms with Crippen LogP contribution in [0.25, 0.3) is 17.8 Å². The largest absolute Gasteiger partial charge is 0.494 e. The van der Waals surface area contributed by atoms with Crippen LogP contribution in [0, 0.1) is 5.92 Å². The van der Waals surface area contributed by atoms with E-state index >= 15 is 0 Å². The molecule has 3 heterocycles. The molecule has 29 heavy (non-hydrogen) atoms. The zero-order valence-corrected chi connectivity index (χ0v) is 16.4. The van der Waals surface area contributed by atoms with Gasteiger partial charge in [-0.2, -0.15) is 9.61 Å². The van der Waals surface area contributed by atoms with Crippen molar-refractivity contribution in [2.45, 2.75) is 39.3 Å². The van der Waals surface area contributed by atoms with E-state index in [1.54, 1.807) is 23.2 Å². The molecule has 1 aliphatic carbocycles. The van der Waals surface area contributed by atoms with E-state index in [0.29, 0.717) is 17.8 Å². The Labute approximate surface area is 167 Å². The minimum atomic E-state index is -0.628. The number of pyridine rings is 1. The van der Waals surface area contributed by atoms with Crippen molar-refractivity contribution < 1.29 is 9.90 Å². The summed E-state index contributed by atoms with van der Waals surface area (Å²) in [4.78, 5) is 29.6. The van der Waals surface area contributed by atoms with Crippen molar-refractivity contribution in [1.29, 1.82) is 0 Å². The van der Waals surface area contributed by atoms with Gasteiger partial charge in [0, 0.05) is 30.5 Å². The van der Waals surface area contributed by atoms with Crippen LogP contribution >= 0.6 is 0 Å². The summed E-state index contributed by atoms with van der Waals surface area (Å²) in [5.74, 6) is -0.708. The molecule has 1 saturated carbocycles. The molecule has 3 aromatic rings. The molecule has 8 nitrogen and oxygen atoms in total. The summed E-state index contributed by atoms with van der Waals surface area (Å²) in [5.41, 5.74) is 1.11. The van der Waals surface area contributed by atoms with Crippen molar-refractivity contribution in [3.63, 3.8) is 0 Å². The molecule has 3 aromatic heterocycles. The summed E-state index contributed by atoms with van der Waals surface area (Å²) in [6.07, 6.45) is 10.4. The van der Waals surface area contributed by atoms with Crippen LogP contribution in [0.4, 0.5) is 0 Å². The van der Waals surface area contributed by atoms with Gasteiger partial charge in [-0.3, -0.25) is 19.1 Å². The van der Waals surface area contributed by atoms with Crippen LogP contribution in [0.15, 0.2) is 35.5 Å². The minimum Gasteiger partial charge on any atom is -0.494 e. The maximum atomic E-state index is 13.0. The van der Waals surface area contributed by atoms with E-state index in [1.807, 2.05) is 38.1 Å². The van der Waals surface area contributed by atoms with Crippen LogP contribution < -0.4 is 10.9 Å². The van der Waals surface area contributed by atoms with Gasteiger partial charge in [-0.25, -0.2) is 0 Å². The van der Waals surface area contributed by atoms with E-state index < -0.39 is 11.5 Å². The molecule has 1 amide bonds. The van der Waals surface area contributed by atoms with Crippen LogP contribution in [0.3, 0.4) is 0 Å². The monoisotopic (exact) mass is 393 g/mol. The lowest BCUT2D eigenvalue weighted by Crippen LogP contribution is -2.34. The van der Waals surface area contributed by atoms with Crippen LogP contribution in [-0.2, 0) is 6.54 Å². The van der Waals surface area contributed by atoms with E-state index in [4.69, 9.17) is 0 Å². The fraction of sp³-hybridized carbons (Fsp3) is 0.333. The first-order valence-corrected chi connectivity index (χ1v) is 9.68. The second kappa shape index (κ2) is 7.54. The van der Waals surface area contributed by atoms with Gasteiger partial charge in [0.1, 0.15) is 5.65 Å². The van der Waals surface area contributed by atoms with Gasteiger partial charge in [0.25, 0.3) is 11.5 Å². The van der Waals surface area contributed by atoms with Crippen LogP contribution in [0.2, 0.25) is 0 Å². The lowest BCUT2D eigenvalue weighted by molar-refractivity contribution is 0.0944. The summed E-state index contributed by atoms with van der Waals surface area (Å²) in [6.45, 7) is 4.43. The van der Waals surface area contributed by atoms with Crippen molar-refractivity contribution in [2.75, 3.05) is 0 Å². The van der Waals surface area contributed by atoms with Crippen LogP contribution in [0.5, 0.6) is 5.88 Å². The van der Waals surface area contributed by atoms with E-state index in [2.05, 4.69) is 15.4 Å². The average Bonchev–Trinajstić information content (AvgIpc) is 3.40. The number of aromatic hydroxyl groups is 1. The fourth-order valence-corrected chi connectivity index (χ4v) is 3.21. The highest BCUT2D eigenvalue weighted by Crippen LogP contribution is 2.24. The first-order valence-electron chi connectivity index (χ1n) is 9.68. The van der Waals surface area contributed by atoms with Crippen LogP contribution in [-0.4, -0.2) is 36.2 Å². The number of amides is 1. The molecule has 4 rings (SSSR count). The predicted molar refractivity (Wildman–Crippen MR) is 110 cm³/mol. The number of carbonyl (C=O) groups is 1. The van der Waals surface area contributed by atoms with Gasteiger partial charge in [-0.15, -0.1) is 0 Å². The number of nitrogens with one attached hydrogen (secondary N) is 1. The van der Waals surface area contributed by atoms with Gasteiger partial charge in [-0.1, -0.05) is 26.0 Å². The van der Waals surface area contributed by atoms with Gasteiger partial charge >= 0.3 is 0 Å². The van der Waals surface area contributed by atoms with Gasteiger partial charge in [0.15, 0.2) is 5.56 Å². The predicted octanol–water partition coefficient (Wildman–Crippen LogP) is 2.32. The van der Waals surface area contributed by atoms with E-state index in [-0.39, 0.29) is 23.4 Å². The Balaban J connectivity index is 1.86. The zero-order valence-electron chi connectivity index (χ0n) is 16.4. The molecular formula is C21H23N5O3. The molecule has 1 fully saturated rings. The molecule has 0 saturated heterocycles. The van der Waals surface area contributed by atoms with E-state index in [1.165, 1.54) is 4.52 Å². The number of nitrogens with zero attached hydrogens (tertiary/aromatic N) is 4. The minimum absolute atomic E-state index is 0.0751. The summed E-state index contributed by atoms with van der Waals surface area (Å²) < 4.78 is 2.77. The molecular weight excluding hydrogens is 370 g/mol. The number of aromatic nitrogens is 4. The molecule has 0 spiro atoms. The number of carbonyl (C=O) groups excluding carboxylic acids is 1. The van der Waals surface area contributed by atoms with Gasteiger partial charge in [0.2, 0.25) is 5.88 Å². The smallest absolute Gasteiger partial charge is 0.291 e. The normalized spacial score (nSPS) is 14.2. The summed E-state index contributed by atoms with van der Waals surface area (Å²) in [7, 11) is 0. The molecule has 2 N–H and O–H groups in total. The third-order valence-corrected chi connectivity index (χ3v) is 4.74. The Kier molecular flexibility index (Phi) is 4.92. The molecule has 0 aliphatic heterocycles. The molecule has 0 radical (unpaired) electrons. The average molecular weight is 393 g/mol. The van der Waals surface area contributed by atoms with Crippen molar-refractivity contribution in [2.24, 2.45) is 5.92 Å². The third-order valence-electron chi connectivity index (χ3n) is 4.74. The highest BCUT2D eigenvalue weighted by molar-refractivity contribution is 5.96. The van der Waals surface area contributed by atoms with Crippen molar-refractivity contribution in [3.8, 4) is 5.88 Å². The maximum Gasteiger partial charge on any atom is 0.291 e. The standard InChI is InChI=1S/C21H23N5O3/c1-13(2)12-25-19-15(6-5-14-4-3-9-22-10-14)11-23-26(19)21(29)17(20(25)28)18(27)24-16-7-8-16/h3-6,9-11,13,16,28H,7-8,12H2,1-2H3,(H,24,27)/b6-5+. The molecule has 1 aliphatic rings. The maximum absolute atomic E-state index is 13.0. The van der Waals surface area contributed by atoms with Crippen LogP contribution in [0.1, 0.15) is 48.2 Å². The highest BCUT2D eigenvalue weighted by Gasteiger charge is 2.29. The number of hydrogen-bond donors (Lipinski definition) is 2. The van der Waals surface area contributed by atoms with Crippen molar-refractivity contribution in [3.05, 3.63) is 57.8 Å². The van der Waals surface area contributed by atoms with Crippen molar-refractivity contribution >= 4 is 23.7 Å². The summed E-state index contributed by atoms with van der Waals surface area (Å²) in [6, 6.07) is 3.82. The van der Waals surface area contributed by atoms with E-state index in [0.717, 1.165) is 18.4 Å². The SMILES string of the molecule is CC(C)Cn1c(O)c(C(=O)NC2CC2)c(=O)n2ncc(/C=C/c3cccnc3)c12. The second-order valence-electron chi connectivity index (χ2n) is 7.71. The van der Waals surface area contributed by atoms with Gasteiger partial charge < -0.3 is 10.4 Å². The highest BCUT2D eigenvalue weighted by atomic mass is 16.3. The lowest BCUT2D eigenvalue weighted by Gasteiger charge is -2.17. The molecule has 0 atom stereocenters. The molecule has 8 heteroatoms. The van der Waals surface area contributed by atoms with Gasteiger partial charge in [-0.05, 0) is 36.5 Å². The Morgan fingerprint density at radius 2 is 2.14 bits per heavy atom. The topological polar surface area (TPSA) is 102 Å². The Hall–Kier alpha value is -3.42. The Bertz CT molecular complexity index is 1140. The Morgan fingerprint density at radius 3 is 2.79 bits per heavy atom. The Morgan fingerprint density at radius 1 is 1.34 bits per heavy atom. The van der Waals surface area contributed by atoms with Gasteiger partial charge in [0.05, 0.1) is 6.20 Å². The second-order valence-corrected chi connectivity index (χ2v) is 7.71.